The number of carbonyl (C=O) groups is 1. The molecule has 92 valence electrons. The van der Waals surface area contributed by atoms with Crippen molar-refractivity contribution in [3.05, 3.63) is 27.3 Å². The van der Waals surface area contributed by atoms with E-state index in [4.69, 9.17) is 5.73 Å². The van der Waals surface area contributed by atoms with Crippen LogP contribution in [0.25, 0.3) is 0 Å². The summed E-state index contributed by atoms with van der Waals surface area (Å²) < 4.78 is 0.989. The molecule has 1 aliphatic rings. The van der Waals surface area contributed by atoms with Crippen LogP contribution in [0.5, 0.6) is 0 Å². The monoisotopic (exact) mass is 344 g/mol. The number of nitrogens with two attached hydrogens (primary N) is 1. The number of amides is 1. The van der Waals surface area contributed by atoms with Crippen molar-refractivity contribution in [2.45, 2.75) is 32.2 Å². The van der Waals surface area contributed by atoms with Gasteiger partial charge in [0.25, 0.3) is 5.91 Å². The van der Waals surface area contributed by atoms with E-state index in [1.54, 1.807) is 6.07 Å². The molecule has 17 heavy (non-hydrogen) atoms. The van der Waals surface area contributed by atoms with E-state index in [9.17, 15) is 4.79 Å². The Labute approximate surface area is 115 Å². The van der Waals surface area contributed by atoms with Crippen molar-refractivity contribution in [1.29, 1.82) is 0 Å². The molecule has 1 amide bonds. The standard InChI is InChI=1S/C13H17IN2O/c1-8(4-9-2-3-9)16-13(17)10-5-11(14)7-12(15)6-10/h5-9H,2-4,15H2,1H3,(H,16,17). The van der Waals surface area contributed by atoms with Crippen molar-refractivity contribution < 1.29 is 4.79 Å². The van der Waals surface area contributed by atoms with Gasteiger partial charge in [-0.25, -0.2) is 0 Å². The highest BCUT2D eigenvalue weighted by atomic mass is 127. The summed E-state index contributed by atoms with van der Waals surface area (Å²) in [5, 5.41) is 3.02. The smallest absolute Gasteiger partial charge is 0.251 e. The van der Waals surface area contributed by atoms with Gasteiger partial charge in [0.15, 0.2) is 0 Å². The van der Waals surface area contributed by atoms with Gasteiger partial charge in [0.05, 0.1) is 0 Å². The topological polar surface area (TPSA) is 55.1 Å². The second-order valence-electron chi connectivity index (χ2n) is 4.83. The summed E-state index contributed by atoms with van der Waals surface area (Å²) in [5.41, 5.74) is 7.02. The van der Waals surface area contributed by atoms with Crippen LogP contribution in [0, 0.1) is 9.49 Å². The van der Waals surface area contributed by atoms with E-state index in [0.29, 0.717) is 11.3 Å². The van der Waals surface area contributed by atoms with Gasteiger partial charge in [-0.1, -0.05) is 12.8 Å². The predicted molar refractivity (Wildman–Crippen MR) is 77.8 cm³/mol. The predicted octanol–water partition coefficient (Wildman–Crippen LogP) is 2.79. The molecule has 2 rings (SSSR count). The fraction of sp³-hybridized carbons (Fsp3) is 0.462. The van der Waals surface area contributed by atoms with E-state index < -0.39 is 0 Å². The Morgan fingerprint density at radius 2 is 2.24 bits per heavy atom. The van der Waals surface area contributed by atoms with Gasteiger partial charge in [-0.15, -0.1) is 0 Å². The highest BCUT2D eigenvalue weighted by Crippen LogP contribution is 2.33. The van der Waals surface area contributed by atoms with Gasteiger partial charge in [0.2, 0.25) is 0 Å². The number of anilines is 1. The summed E-state index contributed by atoms with van der Waals surface area (Å²) in [5.74, 6) is 0.801. The molecule has 1 unspecified atom stereocenters. The van der Waals surface area contributed by atoms with Gasteiger partial charge >= 0.3 is 0 Å². The largest absolute Gasteiger partial charge is 0.399 e. The van der Waals surface area contributed by atoms with Gasteiger partial charge in [0.1, 0.15) is 0 Å². The quantitative estimate of drug-likeness (QED) is 0.652. The molecule has 0 aromatic heterocycles. The number of carbonyl (C=O) groups excluding carboxylic acids is 1. The van der Waals surface area contributed by atoms with E-state index in [1.165, 1.54) is 12.8 Å². The van der Waals surface area contributed by atoms with Gasteiger partial charge < -0.3 is 11.1 Å². The van der Waals surface area contributed by atoms with Crippen LogP contribution in [0.3, 0.4) is 0 Å². The van der Waals surface area contributed by atoms with Crippen molar-refractivity contribution in [3.8, 4) is 0 Å². The van der Waals surface area contributed by atoms with Gasteiger partial charge in [-0.2, -0.15) is 0 Å². The molecule has 4 heteroatoms. The number of hydrogen-bond donors (Lipinski definition) is 2. The van der Waals surface area contributed by atoms with E-state index in [0.717, 1.165) is 15.9 Å². The Hall–Kier alpha value is -0.780. The molecule has 3 N–H and O–H groups in total. The van der Waals surface area contributed by atoms with Crippen molar-refractivity contribution >= 4 is 34.2 Å². The number of benzene rings is 1. The van der Waals surface area contributed by atoms with Crippen LogP contribution in [0.15, 0.2) is 18.2 Å². The second kappa shape index (κ2) is 5.25. The normalized spacial score (nSPS) is 16.6. The van der Waals surface area contributed by atoms with Gasteiger partial charge in [-0.3, -0.25) is 4.79 Å². The summed E-state index contributed by atoms with van der Waals surface area (Å²) in [6.45, 7) is 2.06. The average Bonchev–Trinajstić information content (AvgIpc) is 2.99. The fourth-order valence-electron chi connectivity index (χ4n) is 1.96. The Morgan fingerprint density at radius 3 is 2.82 bits per heavy atom. The fourth-order valence-corrected chi connectivity index (χ4v) is 2.66. The van der Waals surface area contributed by atoms with Crippen molar-refractivity contribution in [1.82, 2.24) is 5.32 Å². The molecule has 1 aromatic rings. The molecule has 1 atom stereocenters. The maximum atomic E-state index is 12.0. The van der Waals surface area contributed by atoms with Crippen LogP contribution < -0.4 is 11.1 Å². The highest BCUT2D eigenvalue weighted by molar-refractivity contribution is 14.1. The van der Waals surface area contributed by atoms with Crippen LogP contribution in [0.2, 0.25) is 0 Å². The molecule has 1 aromatic carbocycles. The first kappa shape index (κ1) is 12.7. The average molecular weight is 344 g/mol. The molecular weight excluding hydrogens is 327 g/mol. The molecule has 0 heterocycles. The summed E-state index contributed by atoms with van der Waals surface area (Å²) >= 11 is 2.17. The maximum Gasteiger partial charge on any atom is 0.251 e. The van der Waals surface area contributed by atoms with Crippen LogP contribution in [0.1, 0.15) is 36.5 Å². The molecular formula is C13H17IN2O. The number of nitrogen functional groups attached to an aromatic ring is 1. The lowest BCUT2D eigenvalue weighted by atomic mass is 10.1. The first-order valence-electron chi connectivity index (χ1n) is 5.91. The third-order valence-electron chi connectivity index (χ3n) is 2.94. The lowest BCUT2D eigenvalue weighted by Crippen LogP contribution is -2.32. The van der Waals surface area contributed by atoms with E-state index in [2.05, 4.69) is 34.8 Å². The van der Waals surface area contributed by atoms with E-state index in [1.807, 2.05) is 12.1 Å². The number of halogens is 1. The van der Waals surface area contributed by atoms with Gasteiger partial charge in [0, 0.05) is 20.9 Å². The third kappa shape index (κ3) is 3.87. The first-order chi connectivity index (χ1) is 8.04. The maximum absolute atomic E-state index is 12.0. The zero-order chi connectivity index (χ0) is 12.4. The Bertz CT molecular complexity index is 409. The Balaban J connectivity index is 1.97. The lowest BCUT2D eigenvalue weighted by molar-refractivity contribution is 0.0937. The lowest BCUT2D eigenvalue weighted by Gasteiger charge is -2.13. The minimum atomic E-state index is -0.0247. The summed E-state index contributed by atoms with van der Waals surface area (Å²) in [6, 6.07) is 5.68. The zero-order valence-electron chi connectivity index (χ0n) is 9.87. The van der Waals surface area contributed by atoms with Crippen LogP contribution in [0.4, 0.5) is 5.69 Å². The van der Waals surface area contributed by atoms with E-state index in [-0.39, 0.29) is 11.9 Å². The third-order valence-corrected chi connectivity index (χ3v) is 3.57. The molecule has 0 spiro atoms. The van der Waals surface area contributed by atoms with E-state index >= 15 is 0 Å². The summed E-state index contributed by atoms with van der Waals surface area (Å²) in [7, 11) is 0. The summed E-state index contributed by atoms with van der Waals surface area (Å²) in [4.78, 5) is 12.0. The minimum absolute atomic E-state index is 0.0247. The molecule has 1 fully saturated rings. The molecule has 1 saturated carbocycles. The number of nitrogens with one attached hydrogen (secondary N) is 1. The Morgan fingerprint density at radius 1 is 1.53 bits per heavy atom. The molecule has 3 nitrogen and oxygen atoms in total. The van der Waals surface area contributed by atoms with Crippen molar-refractivity contribution in [3.63, 3.8) is 0 Å². The minimum Gasteiger partial charge on any atom is -0.399 e. The second-order valence-corrected chi connectivity index (χ2v) is 6.07. The first-order valence-corrected chi connectivity index (χ1v) is 6.99. The highest BCUT2D eigenvalue weighted by Gasteiger charge is 2.24. The molecule has 1 aliphatic carbocycles. The number of hydrogen-bond acceptors (Lipinski definition) is 2. The number of rotatable bonds is 4. The zero-order valence-corrected chi connectivity index (χ0v) is 12.0. The molecule has 0 bridgehead atoms. The van der Waals surface area contributed by atoms with Crippen LogP contribution >= 0.6 is 22.6 Å². The molecule has 0 radical (unpaired) electrons. The summed E-state index contributed by atoms with van der Waals surface area (Å²) in [6.07, 6.45) is 3.72. The molecule has 0 saturated heterocycles. The SMILES string of the molecule is CC(CC1CC1)NC(=O)c1cc(N)cc(I)c1. The molecule has 0 aliphatic heterocycles. The van der Waals surface area contributed by atoms with Crippen molar-refractivity contribution in [2.75, 3.05) is 5.73 Å². The van der Waals surface area contributed by atoms with Gasteiger partial charge in [-0.05, 0) is 60.1 Å². The Kier molecular flexibility index (Phi) is 3.91. The van der Waals surface area contributed by atoms with Crippen LogP contribution in [-0.4, -0.2) is 11.9 Å². The van der Waals surface area contributed by atoms with Crippen LogP contribution in [-0.2, 0) is 0 Å². The van der Waals surface area contributed by atoms with Crippen molar-refractivity contribution in [2.24, 2.45) is 5.92 Å².